The molecular formula is C34H32ClN3O4. The third-order valence-corrected chi connectivity index (χ3v) is 7.43. The average molecular weight is 582 g/mol. The summed E-state index contributed by atoms with van der Waals surface area (Å²) in [5.74, 6) is 2.43. The van der Waals surface area contributed by atoms with Gasteiger partial charge in [0.25, 0.3) is 5.56 Å². The Kier molecular flexibility index (Phi) is 8.59. The van der Waals surface area contributed by atoms with E-state index < -0.39 is 0 Å². The molecule has 0 amide bonds. The molecule has 0 unspecified atom stereocenters. The summed E-state index contributed by atoms with van der Waals surface area (Å²) < 4.78 is 18.8. The second kappa shape index (κ2) is 12.5. The molecule has 214 valence electrons. The monoisotopic (exact) mass is 581 g/mol. The molecule has 7 nitrogen and oxygen atoms in total. The van der Waals surface area contributed by atoms with E-state index in [9.17, 15) is 4.79 Å². The molecule has 0 bridgehead atoms. The van der Waals surface area contributed by atoms with Gasteiger partial charge in [-0.2, -0.15) is 9.78 Å². The summed E-state index contributed by atoms with van der Waals surface area (Å²) in [5, 5.41) is 5.77. The highest BCUT2D eigenvalue weighted by atomic mass is 35.5. The van der Waals surface area contributed by atoms with Crippen LogP contribution in [-0.4, -0.2) is 30.1 Å². The average Bonchev–Trinajstić information content (AvgIpc) is 3.00. The predicted molar refractivity (Wildman–Crippen MR) is 169 cm³/mol. The SMILES string of the molecule is COc1cc(C)c(-c2nc3ccccc3c(=O)n2N=Cc2cccc(OC)c2OCc2ccccc2Cl)cc1C(C)C. The first kappa shape index (κ1) is 28.9. The molecule has 0 fully saturated rings. The fraction of sp³-hybridized carbons (Fsp3) is 0.206. The van der Waals surface area contributed by atoms with Crippen LogP contribution in [0.1, 0.15) is 42.0 Å². The number of para-hydroxylation sites is 2. The molecule has 42 heavy (non-hydrogen) atoms. The van der Waals surface area contributed by atoms with Gasteiger partial charge in [0.1, 0.15) is 12.4 Å². The van der Waals surface area contributed by atoms with E-state index in [1.165, 1.54) is 4.68 Å². The van der Waals surface area contributed by atoms with E-state index in [0.29, 0.717) is 38.8 Å². The number of fused-ring (bicyclic) bond motifs is 1. The molecule has 0 saturated heterocycles. The van der Waals surface area contributed by atoms with Gasteiger partial charge in [0.05, 0.1) is 31.3 Å². The third-order valence-electron chi connectivity index (χ3n) is 7.06. The van der Waals surface area contributed by atoms with Gasteiger partial charge < -0.3 is 14.2 Å². The molecule has 1 heterocycles. The smallest absolute Gasteiger partial charge is 0.282 e. The number of rotatable bonds is 9. The molecule has 5 rings (SSSR count). The van der Waals surface area contributed by atoms with Crippen LogP contribution in [0.2, 0.25) is 5.02 Å². The Labute approximate surface area is 250 Å². The van der Waals surface area contributed by atoms with Gasteiger partial charge in [-0.05, 0) is 66.4 Å². The number of hydrogen-bond acceptors (Lipinski definition) is 6. The Morgan fingerprint density at radius 2 is 1.69 bits per heavy atom. The summed E-state index contributed by atoms with van der Waals surface area (Å²) in [6, 6.07) is 24.3. The first-order valence-electron chi connectivity index (χ1n) is 13.6. The van der Waals surface area contributed by atoms with Crippen LogP contribution in [0, 0.1) is 6.92 Å². The highest BCUT2D eigenvalue weighted by molar-refractivity contribution is 6.31. The lowest BCUT2D eigenvalue weighted by Gasteiger charge is -2.17. The Morgan fingerprint density at radius 1 is 0.952 bits per heavy atom. The van der Waals surface area contributed by atoms with E-state index in [-0.39, 0.29) is 18.1 Å². The summed E-state index contributed by atoms with van der Waals surface area (Å²) in [7, 11) is 3.24. The van der Waals surface area contributed by atoms with Crippen molar-refractivity contribution in [2.24, 2.45) is 5.10 Å². The molecule has 0 saturated carbocycles. The second-order valence-corrected chi connectivity index (χ2v) is 10.5. The summed E-state index contributed by atoms with van der Waals surface area (Å²) in [6.45, 7) is 6.40. The number of methoxy groups -OCH3 is 2. The molecule has 0 spiro atoms. The van der Waals surface area contributed by atoms with Gasteiger partial charge in [-0.1, -0.05) is 61.8 Å². The van der Waals surface area contributed by atoms with Crippen molar-refractivity contribution in [1.29, 1.82) is 0 Å². The highest BCUT2D eigenvalue weighted by Gasteiger charge is 2.19. The minimum absolute atomic E-state index is 0.193. The first-order chi connectivity index (χ1) is 20.3. The zero-order chi connectivity index (χ0) is 29.8. The number of aryl methyl sites for hydroxylation is 1. The molecule has 5 aromatic rings. The van der Waals surface area contributed by atoms with Crippen LogP contribution in [0.3, 0.4) is 0 Å². The Hall–Kier alpha value is -4.62. The van der Waals surface area contributed by atoms with E-state index in [1.54, 1.807) is 26.5 Å². The minimum atomic E-state index is -0.283. The van der Waals surface area contributed by atoms with Crippen LogP contribution in [0.4, 0.5) is 0 Å². The molecule has 1 aromatic heterocycles. The summed E-state index contributed by atoms with van der Waals surface area (Å²) in [6.07, 6.45) is 1.59. The van der Waals surface area contributed by atoms with E-state index in [2.05, 4.69) is 13.8 Å². The van der Waals surface area contributed by atoms with Gasteiger partial charge in [-0.3, -0.25) is 4.79 Å². The van der Waals surface area contributed by atoms with E-state index in [1.807, 2.05) is 79.7 Å². The molecule has 0 aliphatic rings. The van der Waals surface area contributed by atoms with Crippen LogP contribution < -0.4 is 19.8 Å². The molecule has 0 atom stereocenters. The van der Waals surface area contributed by atoms with Crippen LogP contribution in [0.25, 0.3) is 22.3 Å². The lowest BCUT2D eigenvalue weighted by atomic mass is 9.96. The van der Waals surface area contributed by atoms with Gasteiger partial charge in [-0.25, -0.2) is 4.98 Å². The van der Waals surface area contributed by atoms with Crippen molar-refractivity contribution < 1.29 is 14.2 Å². The largest absolute Gasteiger partial charge is 0.496 e. The maximum Gasteiger partial charge on any atom is 0.282 e. The molecular weight excluding hydrogens is 550 g/mol. The number of benzene rings is 4. The van der Waals surface area contributed by atoms with Crippen LogP contribution in [-0.2, 0) is 6.61 Å². The molecule has 0 aliphatic carbocycles. The van der Waals surface area contributed by atoms with Crippen LogP contribution >= 0.6 is 11.6 Å². The highest BCUT2D eigenvalue weighted by Crippen LogP contribution is 2.35. The van der Waals surface area contributed by atoms with Crippen molar-refractivity contribution in [3.8, 4) is 28.6 Å². The van der Waals surface area contributed by atoms with Crippen molar-refractivity contribution in [3.05, 3.63) is 116 Å². The van der Waals surface area contributed by atoms with Crippen molar-refractivity contribution in [2.75, 3.05) is 14.2 Å². The first-order valence-corrected chi connectivity index (χ1v) is 14.0. The molecule has 0 radical (unpaired) electrons. The molecule has 0 N–H and O–H groups in total. The normalized spacial score (nSPS) is 11.4. The molecule has 8 heteroatoms. The fourth-order valence-corrected chi connectivity index (χ4v) is 5.00. The Morgan fingerprint density at radius 3 is 2.43 bits per heavy atom. The maximum absolute atomic E-state index is 13.9. The molecule has 0 aliphatic heterocycles. The minimum Gasteiger partial charge on any atom is -0.496 e. The van der Waals surface area contributed by atoms with E-state index >= 15 is 0 Å². The summed E-state index contributed by atoms with van der Waals surface area (Å²) in [4.78, 5) is 18.8. The topological polar surface area (TPSA) is 74.9 Å². The van der Waals surface area contributed by atoms with Gasteiger partial charge in [0.15, 0.2) is 17.3 Å². The Bertz CT molecular complexity index is 1850. The lowest BCUT2D eigenvalue weighted by Crippen LogP contribution is -2.21. The Balaban J connectivity index is 1.66. The lowest BCUT2D eigenvalue weighted by molar-refractivity contribution is 0.284. The third kappa shape index (κ3) is 5.74. The second-order valence-electron chi connectivity index (χ2n) is 10.1. The van der Waals surface area contributed by atoms with Gasteiger partial charge in [0, 0.05) is 21.7 Å². The van der Waals surface area contributed by atoms with Crippen molar-refractivity contribution in [1.82, 2.24) is 9.66 Å². The number of aromatic nitrogens is 2. The quantitative estimate of drug-likeness (QED) is 0.167. The fourth-order valence-electron chi connectivity index (χ4n) is 4.81. The number of nitrogens with zero attached hydrogens (tertiary/aromatic N) is 3. The van der Waals surface area contributed by atoms with Crippen LogP contribution in [0.5, 0.6) is 17.2 Å². The summed E-state index contributed by atoms with van der Waals surface area (Å²) in [5.41, 5.74) is 4.49. The van der Waals surface area contributed by atoms with Crippen LogP contribution in [0.15, 0.2) is 88.8 Å². The maximum atomic E-state index is 13.9. The van der Waals surface area contributed by atoms with E-state index in [0.717, 1.165) is 28.0 Å². The van der Waals surface area contributed by atoms with Crippen molar-refractivity contribution in [2.45, 2.75) is 33.3 Å². The number of hydrogen-bond donors (Lipinski definition) is 0. The van der Waals surface area contributed by atoms with Gasteiger partial charge in [-0.15, -0.1) is 0 Å². The number of halogens is 1. The molecule has 4 aromatic carbocycles. The van der Waals surface area contributed by atoms with Gasteiger partial charge >= 0.3 is 0 Å². The number of ether oxygens (including phenoxy) is 3. The standard InChI is InChI=1S/C34H32ClN3O4/c1-21(2)26-18-27(22(3)17-31(26)41-5)33-37-29-15-9-7-13-25(29)34(39)38(33)36-19-23-12-10-16-30(40-4)32(23)42-20-24-11-6-8-14-28(24)35/h6-19,21H,20H2,1-5H3. The van der Waals surface area contributed by atoms with Gasteiger partial charge in [0.2, 0.25) is 0 Å². The van der Waals surface area contributed by atoms with Crippen molar-refractivity contribution >= 4 is 28.7 Å². The zero-order valence-corrected chi connectivity index (χ0v) is 25.0. The van der Waals surface area contributed by atoms with Crippen molar-refractivity contribution in [3.63, 3.8) is 0 Å². The predicted octanol–water partition coefficient (Wildman–Crippen LogP) is 7.63. The zero-order valence-electron chi connectivity index (χ0n) is 24.2. The van der Waals surface area contributed by atoms with E-state index in [4.69, 9.17) is 35.9 Å². The summed E-state index contributed by atoms with van der Waals surface area (Å²) >= 11 is 6.36.